The predicted molar refractivity (Wildman–Crippen MR) is 66.9 cm³/mol. The third kappa shape index (κ3) is 3.69. The van der Waals surface area contributed by atoms with Gasteiger partial charge < -0.3 is 10.1 Å². The summed E-state index contributed by atoms with van der Waals surface area (Å²) in [5.41, 5.74) is -3.67. The fourth-order valence-corrected chi connectivity index (χ4v) is 1.62. The molecule has 1 aromatic rings. The van der Waals surface area contributed by atoms with Gasteiger partial charge in [0, 0.05) is 13.2 Å². The number of methoxy groups -OCH3 is 1. The summed E-state index contributed by atoms with van der Waals surface area (Å²) < 4.78 is 43.5. The highest BCUT2D eigenvalue weighted by Gasteiger charge is 2.52. The van der Waals surface area contributed by atoms with Gasteiger partial charge in [-0.1, -0.05) is 12.1 Å². The van der Waals surface area contributed by atoms with Gasteiger partial charge in [-0.15, -0.1) is 0 Å². The van der Waals surface area contributed by atoms with Gasteiger partial charge in [0.05, 0.1) is 11.5 Å². The van der Waals surface area contributed by atoms with Crippen LogP contribution >= 0.6 is 0 Å². The van der Waals surface area contributed by atoms with E-state index in [4.69, 9.17) is 0 Å². The minimum atomic E-state index is -4.78. The van der Waals surface area contributed by atoms with Crippen molar-refractivity contribution in [3.63, 3.8) is 0 Å². The van der Waals surface area contributed by atoms with Gasteiger partial charge in [-0.2, -0.15) is 13.2 Å². The third-order valence-corrected chi connectivity index (χ3v) is 2.79. The fraction of sp³-hybridized carbons (Fsp3) is 0.417. The molecule has 1 N–H and O–H groups in total. The fourth-order valence-electron chi connectivity index (χ4n) is 1.62. The van der Waals surface area contributed by atoms with Crippen LogP contribution in [0.4, 0.5) is 18.9 Å². The Bertz CT molecular complexity index is 548. The zero-order valence-electron chi connectivity index (χ0n) is 11.2. The van der Waals surface area contributed by atoms with E-state index in [2.05, 4.69) is 4.74 Å². The summed E-state index contributed by atoms with van der Waals surface area (Å²) >= 11 is 0. The number of rotatable bonds is 5. The van der Waals surface area contributed by atoms with Gasteiger partial charge in [-0.25, -0.2) is 0 Å². The molecule has 0 radical (unpaired) electrons. The molecular formula is C12H13F3N2O4. The number of benzene rings is 1. The van der Waals surface area contributed by atoms with Gasteiger partial charge in [-0.05, 0) is 13.0 Å². The van der Waals surface area contributed by atoms with Gasteiger partial charge in [0.2, 0.25) is 0 Å². The Hall–Kier alpha value is -2.16. The highest BCUT2D eigenvalue weighted by molar-refractivity contribution is 5.98. The number of hydrogen-bond donors (Lipinski definition) is 1. The lowest BCUT2D eigenvalue weighted by atomic mass is 10.0. The van der Waals surface area contributed by atoms with Crippen LogP contribution in [0.3, 0.4) is 0 Å². The van der Waals surface area contributed by atoms with Crippen molar-refractivity contribution < 1.29 is 27.6 Å². The summed E-state index contributed by atoms with van der Waals surface area (Å²) in [6, 6.07) is 4.75. The predicted octanol–water partition coefficient (Wildman–Crippen LogP) is 2.29. The van der Waals surface area contributed by atoms with E-state index in [0.29, 0.717) is 0 Å². The van der Waals surface area contributed by atoms with Crippen LogP contribution in [-0.4, -0.2) is 36.3 Å². The Morgan fingerprint density at radius 2 is 1.95 bits per heavy atom. The zero-order chi connectivity index (χ0) is 16.3. The molecule has 0 aliphatic rings. The molecule has 0 fully saturated rings. The van der Waals surface area contributed by atoms with E-state index in [9.17, 15) is 28.1 Å². The first-order valence-electron chi connectivity index (χ1n) is 5.74. The SMILES string of the molecule is COC[C@@](C)(NC(=O)c1ccccc1[N+](=O)[O-])C(F)(F)F. The molecule has 0 heterocycles. The smallest absolute Gasteiger partial charge is 0.382 e. The first kappa shape index (κ1) is 16.9. The van der Waals surface area contributed by atoms with Gasteiger partial charge >= 0.3 is 6.18 Å². The lowest BCUT2D eigenvalue weighted by Crippen LogP contribution is -2.59. The van der Waals surface area contributed by atoms with Gasteiger partial charge in [0.1, 0.15) is 5.56 Å². The lowest BCUT2D eigenvalue weighted by molar-refractivity contribution is -0.385. The maximum Gasteiger partial charge on any atom is 0.413 e. The number of amides is 1. The molecule has 0 spiro atoms. The number of halogens is 3. The largest absolute Gasteiger partial charge is 0.413 e. The maximum absolute atomic E-state index is 13.0. The van der Waals surface area contributed by atoms with Gasteiger partial charge in [0.25, 0.3) is 11.6 Å². The van der Waals surface area contributed by atoms with Crippen LogP contribution in [-0.2, 0) is 4.74 Å². The molecule has 0 aliphatic carbocycles. The van der Waals surface area contributed by atoms with Crippen LogP contribution in [0.5, 0.6) is 0 Å². The van der Waals surface area contributed by atoms with E-state index in [1.54, 1.807) is 5.32 Å². The van der Waals surface area contributed by atoms with E-state index in [-0.39, 0.29) is 0 Å². The summed E-state index contributed by atoms with van der Waals surface area (Å²) in [5.74, 6) is -1.20. The van der Waals surface area contributed by atoms with E-state index in [1.165, 1.54) is 12.1 Å². The Labute approximate surface area is 118 Å². The molecule has 1 rings (SSSR count). The minimum Gasteiger partial charge on any atom is -0.382 e. The highest BCUT2D eigenvalue weighted by atomic mass is 19.4. The molecular weight excluding hydrogens is 293 g/mol. The van der Waals surface area contributed by atoms with Crippen LogP contribution < -0.4 is 5.32 Å². The van der Waals surface area contributed by atoms with Gasteiger partial charge in [0.15, 0.2) is 5.54 Å². The number of nitro benzene ring substituents is 1. The monoisotopic (exact) mass is 306 g/mol. The average molecular weight is 306 g/mol. The van der Waals surface area contributed by atoms with E-state index in [0.717, 1.165) is 26.2 Å². The topological polar surface area (TPSA) is 81.5 Å². The Morgan fingerprint density at radius 1 is 1.38 bits per heavy atom. The minimum absolute atomic E-state index is 0.450. The second-order valence-corrected chi connectivity index (χ2v) is 4.49. The molecule has 1 aromatic carbocycles. The first-order chi connectivity index (χ1) is 9.62. The van der Waals surface area contributed by atoms with E-state index >= 15 is 0 Å². The second-order valence-electron chi connectivity index (χ2n) is 4.49. The number of alkyl halides is 3. The van der Waals surface area contributed by atoms with Crippen LogP contribution in [0.2, 0.25) is 0 Å². The molecule has 116 valence electrons. The molecule has 9 heteroatoms. The summed E-state index contributed by atoms with van der Waals surface area (Å²) in [6.45, 7) is -0.0773. The number of para-hydroxylation sites is 1. The number of carbonyl (C=O) groups excluding carboxylic acids is 1. The van der Waals surface area contributed by atoms with Crippen molar-refractivity contribution >= 4 is 11.6 Å². The summed E-state index contributed by atoms with van der Waals surface area (Å²) in [7, 11) is 1.06. The number of ether oxygens (including phenoxy) is 1. The van der Waals surface area contributed by atoms with Crippen molar-refractivity contribution in [2.45, 2.75) is 18.6 Å². The van der Waals surface area contributed by atoms with Crippen molar-refractivity contribution in [2.75, 3.05) is 13.7 Å². The molecule has 1 amide bonds. The molecule has 21 heavy (non-hydrogen) atoms. The number of carbonyl (C=O) groups is 1. The van der Waals surface area contributed by atoms with E-state index < -0.39 is 40.4 Å². The number of nitro groups is 1. The Balaban J connectivity index is 3.12. The molecule has 6 nitrogen and oxygen atoms in total. The normalized spacial score (nSPS) is 14.3. The molecule has 0 bridgehead atoms. The summed E-state index contributed by atoms with van der Waals surface area (Å²) in [5, 5.41) is 12.5. The lowest BCUT2D eigenvalue weighted by Gasteiger charge is -2.32. The number of nitrogens with one attached hydrogen (secondary N) is 1. The van der Waals surface area contributed by atoms with Crippen molar-refractivity contribution in [3.05, 3.63) is 39.9 Å². The number of hydrogen-bond acceptors (Lipinski definition) is 4. The second kappa shape index (κ2) is 6.08. The third-order valence-electron chi connectivity index (χ3n) is 2.79. The van der Waals surface area contributed by atoms with Crippen molar-refractivity contribution in [1.82, 2.24) is 5.32 Å². The number of nitrogens with zero attached hydrogens (tertiary/aromatic N) is 1. The Kier molecular flexibility index (Phi) is 4.89. The zero-order valence-corrected chi connectivity index (χ0v) is 11.2. The molecule has 1 atom stereocenters. The van der Waals surface area contributed by atoms with Crippen LogP contribution in [0.25, 0.3) is 0 Å². The van der Waals surface area contributed by atoms with Crippen molar-refractivity contribution in [1.29, 1.82) is 0 Å². The maximum atomic E-state index is 13.0. The molecule has 0 saturated carbocycles. The summed E-state index contributed by atoms with van der Waals surface area (Å²) in [6.07, 6.45) is -4.78. The van der Waals surface area contributed by atoms with Crippen LogP contribution in [0.1, 0.15) is 17.3 Å². The molecule has 0 aromatic heterocycles. The van der Waals surface area contributed by atoms with Crippen LogP contribution in [0.15, 0.2) is 24.3 Å². The first-order valence-corrected chi connectivity index (χ1v) is 5.74. The Morgan fingerprint density at radius 3 is 2.43 bits per heavy atom. The summed E-state index contributed by atoms with van der Waals surface area (Å²) in [4.78, 5) is 21.9. The average Bonchev–Trinajstić information content (AvgIpc) is 2.37. The highest BCUT2D eigenvalue weighted by Crippen LogP contribution is 2.31. The van der Waals surface area contributed by atoms with Crippen LogP contribution in [0, 0.1) is 10.1 Å². The van der Waals surface area contributed by atoms with Crippen molar-refractivity contribution in [3.8, 4) is 0 Å². The van der Waals surface area contributed by atoms with Gasteiger partial charge in [-0.3, -0.25) is 14.9 Å². The standard InChI is InChI=1S/C12H13F3N2O4/c1-11(7-21-2,12(13,14)15)16-10(18)8-5-3-4-6-9(8)17(19)20/h3-6H,7H2,1-2H3,(H,16,18)/t11-/m1/s1. The molecule has 0 saturated heterocycles. The van der Waals surface area contributed by atoms with Crippen molar-refractivity contribution in [2.24, 2.45) is 0 Å². The van der Waals surface area contributed by atoms with E-state index in [1.807, 2.05) is 0 Å². The quantitative estimate of drug-likeness (QED) is 0.668. The molecule has 0 unspecified atom stereocenters. The molecule has 0 aliphatic heterocycles.